The number of rotatable bonds is 6. The van der Waals surface area contributed by atoms with Crippen molar-refractivity contribution < 1.29 is 19.1 Å². The van der Waals surface area contributed by atoms with Crippen molar-refractivity contribution in [3.05, 3.63) is 58.1 Å². The number of thiazole rings is 1. The van der Waals surface area contributed by atoms with Crippen LogP contribution in [0, 0.1) is 5.92 Å². The SMILES string of the molecule is CCOC(=O)C1CCN([C@H](c2ccccc2Cl)c2sc3nc(-c4ccco4)nn3c2O)CC1. The lowest BCUT2D eigenvalue weighted by Crippen LogP contribution is -2.39. The molecule has 1 N–H and O–H groups in total. The van der Waals surface area contributed by atoms with Crippen LogP contribution >= 0.6 is 22.9 Å². The molecular weight excluding hydrogens is 464 g/mol. The molecule has 10 heteroatoms. The summed E-state index contributed by atoms with van der Waals surface area (Å²) in [5.74, 6) is 0.726. The molecule has 8 nitrogen and oxygen atoms in total. The van der Waals surface area contributed by atoms with Crippen molar-refractivity contribution in [1.29, 1.82) is 0 Å². The van der Waals surface area contributed by atoms with Crippen molar-refractivity contribution in [2.75, 3.05) is 19.7 Å². The maximum absolute atomic E-state index is 12.2. The lowest BCUT2D eigenvalue weighted by molar-refractivity contribution is -0.149. The second-order valence-electron chi connectivity index (χ2n) is 7.88. The summed E-state index contributed by atoms with van der Waals surface area (Å²) in [6.45, 7) is 3.55. The number of esters is 1. The Kier molecular flexibility index (Phi) is 6.09. The van der Waals surface area contributed by atoms with Gasteiger partial charge in [-0.1, -0.05) is 41.1 Å². The molecule has 5 rings (SSSR count). The summed E-state index contributed by atoms with van der Waals surface area (Å²) in [5, 5.41) is 16.2. The molecule has 0 unspecified atom stereocenters. The zero-order valence-corrected chi connectivity index (χ0v) is 19.6. The number of piperidine rings is 1. The molecule has 1 saturated heterocycles. The first-order chi connectivity index (χ1) is 16.1. The Labute approximate surface area is 199 Å². The quantitative estimate of drug-likeness (QED) is 0.392. The number of ether oxygens (including phenoxy) is 1. The Hall–Kier alpha value is -2.88. The van der Waals surface area contributed by atoms with Crippen LogP contribution in [0.4, 0.5) is 0 Å². The van der Waals surface area contributed by atoms with E-state index in [0.717, 1.165) is 5.56 Å². The van der Waals surface area contributed by atoms with Crippen LogP contribution in [0.15, 0.2) is 47.1 Å². The van der Waals surface area contributed by atoms with Gasteiger partial charge in [0, 0.05) is 5.02 Å². The van der Waals surface area contributed by atoms with E-state index < -0.39 is 0 Å². The Balaban J connectivity index is 1.50. The number of hydrogen-bond acceptors (Lipinski definition) is 8. The molecule has 3 aromatic heterocycles. The average Bonchev–Trinajstić information content (AvgIpc) is 3.55. The molecule has 4 aromatic rings. The molecule has 0 saturated carbocycles. The fraction of sp³-hybridized carbons (Fsp3) is 0.348. The second-order valence-corrected chi connectivity index (χ2v) is 9.30. The fourth-order valence-corrected chi connectivity index (χ4v) is 5.64. The van der Waals surface area contributed by atoms with Crippen LogP contribution in [0.3, 0.4) is 0 Å². The van der Waals surface area contributed by atoms with E-state index in [9.17, 15) is 9.90 Å². The second kappa shape index (κ2) is 9.17. The number of aromatic hydroxyl groups is 1. The van der Waals surface area contributed by atoms with E-state index >= 15 is 0 Å². The van der Waals surface area contributed by atoms with Gasteiger partial charge in [0.1, 0.15) is 0 Å². The molecule has 0 spiro atoms. The van der Waals surface area contributed by atoms with E-state index in [1.165, 1.54) is 15.9 Å². The van der Waals surface area contributed by atoms with Gasteiger partial charge in [0.05, 0.1) is 29.7 Å². The number of fused-ring (bicyclic) bond motifs is 1. The predicted octanol–water partition coefficient (Wildman–Crippen LogP) is 4.77. The molecule has 1 aromatic carbocycles. The van der Waals surface area contributed by atoms with Crippen LogP contribution in [0.2, 0.25) is 5.02 Å². The first-order valence-electron chi connectivity index (χ1n) is 10.8. The van der Waals surface area contributed by atoms with Crippen LogP contribution in [0.1, 0.15) is 36.2 Å². The number of furan rings is 1. The van der Waals surface area contributed by atoms with E-state index in [1.807, 2.05) is 31.2 Å². The summed E-state index contributed by atoms with van der Waals surface area (Å²) < 4.78 is 12.0. The topological polar surface area (TPSA) is 93.1 Å². The third-order valence-corrected chi connectivity index (χ3v) is 7.32. The Morgan fingerprint density at radius 2 is 2.09 bits per heavy atom. The van der Waals surface area contributed by atoms with Crippen LogP contribution in [0.5, 0.6) is 5.88 Å². The van der Waals surface area contributed by atoms with Crippen molar-refractivity contribution in [3.63, 3.8) is 0 Å². The van der Waals surface area contributed by atoms with Gasteiger partial charge in [0.15, 0.2) is 5.76 Å². The summed E-state index contributed by atoms with van der Waals surface area (Å²) in [7, 11) is 0. The number of hydrogen-bond donors (Lipinski definition) is 1. The van der Waals surface area contributed by atoms with E-state index in [4.69, 9.17) is 20.8 Å². The number of benzene rings is 1. The summed E-state index contributed by atoms with van der Waals surface area (Å²) in [6, 6.07) is 10.9. The van der Waals surface area contributed by atoms with Gasteiger partial charge in [-0.3, -0.25) is 9.69 Å². The van der Waals surface area contributed by atoms with Crippen LogP contribution in [0.25, 0.3) is 16.5 Å². The molecule has 4 heterocycles. The van der Waals surface area contributed by atoms with Gasteiger partial charge in [0.25, 0.3) is 0 Å². The molecule has 1 aliphatic rings. The third kappa shape index (κ3) is 4.12. The van der Waals surface area contributed by atoms with Crippen LogP contribution < -0.4 is 0 Å². The number of likely N-dealkylation sites (tertiary alicyclic amines) is 1. The van der Waals surface area contributed by atoms with Gasteiger partial charge in [0.2, 0.25) is 16.7 Å². The number of halogens is 1. The lowest BCUT2D eigenvalue weighted by Gasteiger charge is -2.36. The van der Waals surface area contributed by atoms with Crippen LogP contribution in [-0.4, -0.2) is 50.3 Å². The highest BCUT2D eigenvalue weighted by Crippen LogP contribution is 2.43. The van der Waals surface area contributed by atoms with E-state index in [-0.39, 0.29) is 23.8 Å². The lowest BCUT2D eigenvalue weighted by atomic mass is 9.93. The maximum atomic E-state index is 12.2. The molecule has 0 radical (unpaired) electrons. The molecule has 0 amide bonds. The number of nitrogens with zero attached hydrogens (tertiary/aromatic N) is 4. The fourth-order valence-electron chi connectivity index (χ4n) is 4.29. The molecule has 1 fully saturated rings. The van der Waals surface area contributed by atoms with Gasteiger partial charge in [-0.2, -0.15) is 9.50 Å². The van der Waals surface area contributed by atoms with Crippen LogP contribution in [-0.2, 0) is 9.53 Å². The molecule has 0 aliphatic carbocycles. The summed E-state index contributed by atoms with van der Waals surface area (Å²) in [4.78, 5) is 20.3. The standard InChI is InChI=1S/C23H23ClN4O4S/c1-2-31-22(30)14-9-11-27(12-10-14)18(15-6-3-4-7-16(15)24)19-21(29)28-23(33-19)25-20(26-28)17-8-5-13-32-17/h3-8,13-14,18,29H,2,9-12H2,1H3/t18-/m1/s1. The molecular formula is C23H23ClN4O4S. The van der Waals surface area contributed by atoms with Gasteiger partial charge < -0.3 is 14.3 Å². The first-order valence-corrected chi connectivity index (χ1v) is 12.0. The third-order valence-electron chi connectivity index (χ3n) is 5.90. The van der Waals surface area contributed by atoms with E-state index in [2.05, 4.69) is 15.0 Å². The molecule has 172 valence electrons. The summed E-state index contributed by atoms with van der Waals surface area (Å²) in [5.41, 5.74) is 0.889. The highest BCUT2D eigenvalue weighted by molar-refractivity contribution is 7.17. The Morgan fingerprint density at radius 1 is 1.30 bits per heavy atom. The molecule has 33 heavy (non-hydrogen) atoms. The molecule has 1 atom stereocenters. The van der Waals surface area contributed by atoms with Crippen molar-refractivity contribution in [2.45, 2.75) is 25.8 Å². The average molecular weight is 487 g/mol. The minimum Gasteiger partial charge on any atom is -0.492 e. The Morgan fingerprint density at radius 3 is 2.76 bits per heavy atom. The summed E-state index contributed by atoms with van der Waals surface area (Å²) in [6.07, 6.45) is 2.93. The number of aromatic nitrogens is 3. The number of carbonyl (C=O) groups is 1. The smallest absolute Gasteiger partial charge is 0.309 e. The summed E-state index contributed by atoms with van der Waals surface area (Å²) >= 11 is 7.97. The van der Waals surface area contributed by atoms with Gasteiger partial charge in [-0.05, 0) is 56.6 Å². The maximum Gasteiger partial charge on any atom is 0.309 e. The normalized spacial score (nSPS) is 16.3. The van der Waals surface area contributed by atoms with E-state index in [1.54, 1.807) is 18.4 Å². The van der Waals surface area contributed by atoms with Crippen molar-refractivity contribution in [3.8, 4) is 17.5 Å². The van der Waals surface area contributed by atoms with E-state index in [0.29, 0.717) is 59.0 Å². The zero-order chi connectivity index (χ0) is 22.9. The first kappa shape index (κ1) is 21.9. The van der Waals surface area contributed by atoms with Crippen molar-refractivity contribution in [2.24, 2.45) is 5.92 Å². The zero-order valence-electron chi connectivity index (χ0n) is 18.0. The number of carbonyl (C=O) groups excluding carboxylic acids is 1. The molecule has 0 bridgehead atoms. The minimum atomic E-state index is -0.289. The van der Waals surface area contributed by atoms with Gasteiger partial charge in [-0.25, -0.2) is 0 Å². The largest absolute Gasteiger partial charge is 0.492 e. The minimum absolute atomic E-state index is 0.0257. The molecule has 1 aliphatic heterocycles. The van der Waals surface area contributed by atoms with Gasteiger partial charge >= 0.3 is 5.97 Å². The van der Waals surface area contributed by atoms with Gasteiger partial charge in [-0.15, -0.1) is 5.10 Å². The highest BCUT2D eigenvalue weighted by Gasteiger charge is 2.35. The van der Waals surface area contributed by atoms with Crippen molar-refractivity contribution in [1.82, 2.24) is 19.5 Å². The monoisotopic (exact) mass is 486 g/mol. The Bertz CT molecular complexity index is 1260. The van der Waals surface area contributed by atoms with Crippen molar-refractivity contribution >= 4 is 33.9 Å². The highest BCUT2D eigenvalue weighted by atomic mass is 35.5. The predicted molar refractivity (Wildman–Crippen MR) is 124 cm³/mol.